The van der Waals surface area contributed by atoms with Gasteiger partial charge >= 0.3 is 0 Å². The van der Waals surface area contributed by atoms with Crippen LogP contribution in [0.4, 0.5) is 4.39 Å². The molecule has 1 amide bonds. The first-order valence-electron chi connectivity index (χ1n) is 3.67. The van der Waals surface area contributed by atoms with Crippen molar-refractivity contribution in [1.29, 1.82) is 5.26 Å². The fourth-order valence-electron chi connectivity index (χ4n) is 1.09. The number of nitrogens with zero attached hydrogens (tertiary/aromatic N) is 1. The van der Waals surface area contributed by atoms with Crippen molar-refractivity contribution in [3.05, 3.63) is 29.1 Å². The summed E-state index contributed by atoms with van der Waals surface area (Å²) in [5, 5.41) is 8.63. The highest BCUT2D eigenvalue weighted by Gasteiger charge is 2.16. The summed E-state index contributed by atoms with van der Waals surface area (Å²) in [5.41, 5.74) is 4.79. The van der Waals surface area contributed by atoms with E-state index < -0.39 is 11.7 Å². The van der Waals surface area contributed by atoms with Crippen LogP contribution in [0.15, 0.2) is 12.1 Å². The van der Waals surface area contributed by atoms with E-state index in [1.54, 1.807) is 6.07 Å². The van der Waals surface area contributed by atoms with Gasteiger partial charge in [-0.25, -0.2) is 4.39 Å². The van der Waals surface area contributed by atoms with E-state index in [9.17, 15) is 9.18 Å². The Morgan fingerprint density at radius 2 is 2.29 bits per heavy atom. The van der Waals surface area contributed by atoms with Gasteiger partial charge in [0.05, 0.1) is 18.2 Å². The van der Waals surface area contributed by atoms with Crippen molar-refractivity contribution in [2.24, 2.45) is 5.73 Å². The van der Waals surface area contributed by atoms with Crippen LogP contribution in [-0.4, -0.2) is 13.0 Å². The fraction of sp³-hybridized carbons (Fsp3) is 0.111. The van der Waals surface area contributed by atoms with Crippen LogP contribution in [0.25, 0.3) is 0 Å². The molecule has 0 aliphatic rings. The highest BCUT2D eigenvalue weighted by atomic mass is 19.1. The zero-order chi connectivity index (χ0) is 10.7. The number of hydrogen-bond acceptors (Lipinski definition) is 3. The van der Waals surface area contributed by atoms with E-state index in [1.807, 2.05) is 0 Å². The standard InChI is InChI=1S/C9H7FN2O2/c1-14-7-3-6(10)2-5(4-11)8(7)9(12)13/h2-3H,1H3,(H2,12,13). The van der Waals surface area contributed by atoms with Crippen molar-refractivity contribution in [1.82, 2.24) is 0 Å². The van der Waals surface area contributed by atoms with Gasteiger partial charge < -0.3 is 10.5 Å². The van der Waals surface area contributed by atoms with Gasteiger partial charge in [-0.1, -0.05) is 0 Å². The van der Waals surface area contributed by atoms with Gasteiger partial charge in [0.2, 0.25) is 0 Å². The number of methoxy groups -OCH3 is 1. The zero-order valence-electron chi connectivity index (χ0n) is 7.37. The first-order chi connectivity index (χ1) is 6.60. The number of nitrogens with two attached hydrogens (primary N) is 1. The molecule has 0 saturated heterocycles. The van der Waals surface area contributed by atoms with Crippen molar-refractivity contribution in [3.8, 4) is 11.8 Å². The topological polar surface area (TPSA) is 76.1 Å². The highest BCUT2D eigenvalue weighted by Crippen LogP contribution is 2.23. The molecule has 0 atom stereocenters. The molecule has 0 spiro atoms. The summed E-state index contributed by atoms with van der Waals surface area (Å²) >= 11 is 0. The Labute approximate surface area is 79.7 Å². The molecule has 1 aromatic rings. The van der Waals surface area contributed by atoms with E-state index in [2.05, 4.69) is 0 Å². The quantitative estimate of drug-likeness (QED) is 0.756. The molecular formula is C9H7FN2O2. The number of nitriles is 1. The predicted molar refractivity (Wildman–Crippen MR) is 46.2 cm³/mol. The molecule has 0 aliphatic heterocycles. The number of ether oxygens (including phenoxy) is 1. The van der Waals surface area contributed by atoms with Crippen LogP contribution < -0.4 is 10.5 Å². The number of primary amides is 1. The largest absolute Gasteiger partial charge is 0.496 e. The van der Waals surface area contributed by atoms with E-state index in [1.165, 1.54) is 7.11 Å². The van der Waals surface area contributed by atoms with Gasteiger partial charge in [0, 0.05) is 6.07 Å². The lowest BCUT2D eigenvalue weighted by Gasteiger charge is -2.06. The lowest BCUT2D eigenvalue weighted by Crippen LogP contribution is -2.14. The molecule has 0 bridgehead atoms. The summed E-state index contributed by atoms with van der Waals surface area (Å²) in [6, 6.07) is 3.61. The maximum atomic E-state index is 12.9. The molecule has 0 saturated carbocycles. The molecule has 5 heteroatoms. The molecule has 0 radical (unpaired) electrons. The van der Waals surface area contributed by atoms with Crippen molar-refractivity contribution >= 4 is 5.91 Å². The van der Waals surface area contributed by atoms with Crippen molar-refractivity contribution in [3.63, 3.8) is 0 Å². The summed E-state index contributed by atoms with van der Waals surface area (Å²) in [6.45, 7) is 0. The zero-order valence-corrected chi connectivity index (χ0v) is 7.37. The Morgan fingerprint density at radius 1 is 1.64 bits per heavy atom. The smallest absolute Gasteiger partial charge is 0.253 e. The van der Waals surface area contributed by atoms with Gasteiger partial charge in [-0.05, 0) is 6.07 Å². The van der Waals surface area contributed by atoms with E-state index in [4.69, 9.17) is 15.7 Å². The molecule has 72 valence electrons. The number of rotatable bonds is 2. The second-order valence-corrected chi connectivity index (χ2v) is 2.51. The molecule has 0 aromatic heterocycles. The van der Waals surface area contributed by atoms with Gasteiger partial charge in [-0.3, -0.25) is 4.79 Å². The van der Waals surface area contributed by atoms with Crippen molar-refractivity contribution in [2.45, 2.75) is 0 Å². The van der Waals surface area contributed by atoms with Gasteiger partial charge in [-0.15, -0.1) is 0 Å². The van der Waals surface area contributed by atoms with Crippen LogP contribution in [0.1, 0.15) is 15.9 Å². The average Bonchev–Trinajstić information content (AvgIpc) is 2.15. The number of carbonyl (C=O) groups excluding carboxylic acids is 1. The van der Waals surface area contributed by atoms with Crippen LogP contribution >= 0.6 is 0 Å². The minimum Gasteiger partial charge on any atom is -0.496 e. The molecule has 14 heavy (non-hydrogen) atoms. The number of amides is 1. The van der Waals surface area contributed by atoms with Crippen LogP contribution in [-0.2, 0) is 0 Å². The SMILES string of the molecule is COc1cc(F)cc(C#N)c1C(N)=O. The number of hydrogen-bond donors (Lipinski definition) is 1. The molecule has 0 unspecified atom stereocenters. The van der Waals surface area contributed by atoms with Crippen LogP contribution in [0.3, 0.4) is 0 Å². The summed E-state index contributed by atoms with van der Waals surface area (Å²) < 4.78 is 17.6. The van der Waals surface area contributed by atoms with Gasteiger partial charge in [0.25, 0.3) is 5.91 Å². The molecule has 1 rings (SSSR count). The van der Waals surface area contributed by atoms with E-state index >= 15 is 0 Å². The van der Waals surface area contributed by atoms with Crippen molar-refractivity contribution in [2.75, 3.05) is 7.11 Å². The molecular weight excluding hydrogens is 187 g/mol. The highest BCUT2D eigenvalue weighted by molar-refractivity contribution is 5.98. The molecule has 2 N–H and O–H groups in total. The normalized spacial score (nSPS) is 9.21. The first kappa shape index (κ1) is 9.99. The van der Waals surface area contributed by atoms with Crippen LogP contribution in [0, 0.1) is 17.1 Å². The van der Waals surface area contributed by atoms with Crippen molar-refractivity contribution < 1.29 is 13.9 Å². The molecule has 0 heterocycles. The lowest BCUT2D eigenvalue weighted by molar-refractivity contribution is 0.0997. The number of halogens is 1. The van der Waals surface area contributed by atoms with Crippen LogP contribution in [0.5, 0.6) is 5.75 Å². The second-order valence-electron chi connectivity index (χ2n) is 2.51. The van der Waals surface area contributed by atoms with Crippen LogP contribution in [0.2, 0.25) is 0 Å². The Kier molecular flexibility index (Phi) is 2.67. The first-order valence-corrected chi connectivity index (χ1v) is 3.67. The molecule has 1 aromatic carbocycles. The third kappa shape index (κ3) is 1.64. The predicted octanol–water partition coefficient (Wildman–Crippen LogP) is 0.805. The maximum Gasteiger partial charge on any atom is 0.253 e. The second kappa shape index (κ2) is 3.75. The molecule has 4 nitrogen and oxygen atoms in total. The Morgan fingerprint density at radius 3 is 2.71 bits per heavy atom. The monoisotopic (exact) mass is 194 g/mol. The number of carbonyl (C=O) groups is 1. The summed E-state index contributed by atoms with van der Waals surface area (Å²) in [4.78, 5) is 10.9. The van der Waals surface area contributed by atoms with Gasteiger partial charge in [-0.2, -0.15) is 5.26 Å². The third-order valence-corrected chi connectivity index (χ3v) is 1.65. The minimum atomic E-state index is -0.821. The summed E-state index contributed by atoms with van der Waals surface area (Å²) in [7, 11) is 1.27. The van der Waals surface area contributed by atoms with E-state index in [0.717, 1.165) is 12.1 Å². The van der Waals surface area contributed by atoms with Gasteiger partial charge in [0.1, 0.15) is 17.6 Å². The number of benzene rings is 1. The Balaban J connectivity index is 3.50. The summed E-state index contributed by atoms with van der Waals surface area (Å²) in [6.07, 6.45) is 0. The Hall–Kier alpha value is -2.09. The molecule has 0 fully saturated rings. The minimum absolute atomic E-state index is 0.0333. The average molecular weight is 194 g/mol. The van der Waals surface area contributed by atoms with E-state index in [-0.39, 0.29) is 16.9 Å². The molecule has 0 aliphatic carbocycles. The maximum absolute atomic E-state index is 12.9. The summed E-state index contributed by atoms with van der Waals surface area (Å²) in [5.74, 6) is -1.50. The third-order valence-electron chi connectivity index (χ3n) is 1.65. The Bertz CT molecular complexity index is 424. The van der Waals surface area contributed by atoms with E-state index in [0.29, 0.717) is 0 Å². The lowest BCUT2D eigenvalue weighted by atomic mass is 10.1. The van der Waals surface area contributed by atoms with Gasteiger partial charge in [0.15, 0.2) is 0 Å². The fourth-order valence-corrected chi connectivity index (χ4v) is 1.09.